The van der Waals surface area contributed by atoms with Gasteiger partial charge >= 0.3 is 12.5 Å². The van der Waals surface area contributed by atoms with Crippen molar-refractivity contribution in [1.29, 1.82) is 0 Å². The Balaban J connectivity index is 3.28. The summed E-state index contributed by atoms with van der Waals surface area (Å²) in [4.78, 5) is 0. The van der Waals surface area contributed by atoms with Crippen molar-refractivity contribution in [3.63, 3.8) is 0 Å². The molecule has 7 heteroatoms. The van der Waals surface area contributed by atoms with E-state index in [0.29, 0.717) is 0 Å². The van der Waals surface area contributed by atoms with Crippen LogP contribution in [0.25, 0.3) is 0 Å². The minimum atomic E-state index is -4.75. The summed E-state index contributed by atoms with van der Waals surface area (Å²) in [6.45, 7) is -0.723. The van der Waals surface area contributed by atoms with E-state index in [9.17, 15) is 26.3 Å². The Morgan fingerprint density at radius 3 is 1.77 bits per heavy atom. The first-order valence-corrected chi connectivity index (χ1v) is 3.48. The third kappa shape index (κ3) is 11.5. The molecule has 0 radical (unpaired) electrons. The number of unbranched alkanes of at least 4 members (excludes halogenated alkanes) is 1. The smallest absolute Gasteiger partial charge is 0.292 e. The third-order valence-electron chi connectivity index (χ3n) is 1.12. The fourth-order valence-corrected chi connectivity index (χ4v) is 0.615. The van der Waals surface area contributed by atoms with Crippen LogP contribution in [0, 0.1) is 0 Å². The zero-order chi connectivity index (χ0) is 10.5. The van der Waals surface area contributed by atoms with Gasteiger partial charge in [0.25, 0.3) is 0 Å². The van der Waals surface area contributed by atoms with Crippen LogP contribution in [-0.4, -0.2) is 19.1 Å². The minimum Gasteiger partial charge on any atom is -0.292 e. The van der Waals surface area contributed by atoms with Crippen molar-refractivity contribution in [3.8, 4) is 0 Å². The van der Waals surface area contributed by atoms with Crippen LogP contribution >= 0.6 is 0 Å². The van der Waals surface area contributed by atoms with E-state index in [2.05, 4.69) is 4.74 Å². The van der Waals surface area contributed by atoms with Crippen LogP contribution in [0.15, 0.2) is 0 Å². The monoisotopic (exact) mass is 210 g/mol. The summed E-state index contributed by atoms with van der Waals surface area (Å²) in [5.74, 6) is 0. The summed E-state index contributed by atoms with van der Waals surface area (Å²) in [7, 11) is 0. The highest BCUT2D eigenvalue weighted by molar-refractivity contribution is 4.50. The van der Waals surface area contributed by atoms with Crippen LogP contribution in [0.2, 0.25) is 0 Å². The summed E-state index contributed by atoms with van der Waals surface area (Å²) in [6.07, 6.45) is -10.7. The van der Waals surface area contributed by atoms with Crippen molar-refractivity contribution in [2.45, 2.75) is 31.8 Å². The van der Waals surface area contributed by atoms with E-state index in [1.165, 1.54) is 0 Å². The lowest BCUT2D eigenvalue weighted by Crippen LogP contribution is -2.14. The molecule has 13 heavy (non-hydrogen) atoms. The van der Waals surface area contributed by atoms with Gasteiger partial charge in [0.1, 0.15) is 0 Å². The lowest BCUT2D eigenvalue weighted by atomic mass is 10.2. The highest BCUT2D eigenvalue weighted by Gasteiger charge is 2.29. The molecule has 0 saturated carbocycles. The molecule has 1 nitrogen and oxygen atoms in total. The molecule has 0 unspecified atom stereocenters. The number of rotatable bonds is 4. The molecule has 0 aliphatic rings. The van der Waals surface area contributed by atoms with Crippen LogP contribution < -0.4 is 0 Å². The maximum atomic E-state index is 11.5. The zero-order valence-corrected chi connectivity index (χ0v) is 6.50. The second-order valence-corrected chi connectivity index (χ2v) is 2.37. The van der Waals surface area contributed by atoms with Gasteiger partial charge in [-0.2, -0.15) is 13.2 Å². The molecule has 0 atom stereocenters. The van der Waals surface area contributed by atoms with Crippen LogP contribution in [0.4, 0.5) is 26.3 Å². The first-order valence-electron chi connectivity index (χ1n) is 3.48. The molecule has 0 heterocycles. The number of alkyl halides is 6. The Morgan fingerprint density at radius 2 is 1.38 bits per heavy atom. The SMILES string of the molecule is FC(F)(F)CCCCOC(F)(F)F. The van der Waals surface area contributed by atoms with Gasteiger partial charge in [-0.3, -0.25) is 4.74 Å². The molecule has 0 bridgehead atoms. The Kier molecular flexibility index (Phi) is 4.52. The van der Waals surface area contributed by atoms with E-state index in [-0.39, 0.29) is 12.8 Å². The predicted molar refractivity (Wildman–Crippen MR) is 31.9 cm³/mol. The number of hydrogen-bond acceptors (Lipinski definition) is 1. The Morgan fingerprint density at radius 1 is 0.846 bits per heavy atom. The molecule has 0 rings (SSSR count). The molecule has 0 aliphatic carbocycles. The van der Waals surface area contributed by atoms with Crippen LogP contribution in [0.3, 0.4) is 0 Å². The molecule has 0 aromatic rings. The maximum Gasteiger partial charge on any atom is 0.522 e. The summed E-state index contributed by atoms with van der Waals surface area (Å²) in [5, 5.41) is 0. The molecule has 0 fully saturated rings. The fourth-order valence-electron chi connectivity index (χ4n) is 0.615. The highest BCUT2D eigenvalue weighted by atomic mass is 19.4. The Hall–Kier alpha value is -0.460. The lowest BCUT2D eigenvalue weighted by Gasteiger charge is -2.07. The molecule has 0 N–H and O–H groups in total. The van der Waals surface area contributed by atoms with Crippen molar-refractivity contribution in [1.82, 2.24) is 0 Å². The zero-order valence-electron chi connectivity index (χ0n) is 6.50. The fraction of sp³-hybridized carbons (Fsp3) is 1.00. The molecular formula is C6H8F6O. The molecule has 0 aliphatic heterocycles. The molecule has 0 aromatic heterocycles. The van der Waals surface area contributed by atoms with Crippen molar-refractivity contribution >= 4 is 0 Å². The molecular weight excluding hydrogens is 202 g/mol. The predicted octanol–water partition coefficient (Wildman–Crippen LogP) is 3.26. The molecule has 0 spiro atoms. The number of hydrogen-bond donors (Lipinski definition) is 0. The molecule has 0 saturated heterocycles. The molecule has 0 amide bonds. The summed E-state index contributed by atoms with van der Waals surface area (Å²) >= 11 is 0. The number of halogens is 6. The second kappa shape index (κ2) is 4.69. The van der Waals surface area contributed by atoms with E-state index in [0.717, 1.165) is 0 Å². The molecule has 0 aromatic carbocycles. The first kappa shape index (κ1) is 12.5. The van der Waals surface area contributed by atoms with Crippen molar-refractivity contribution in [2.24, 2.45) is 0 Å². The Bertz CT molecular complexity index is 121. The average Bonchev–Trinajstić information content (AvgIpc) is 1.81. The van der Waals surface area contributed by atoms with Gasteiger partial charge in [0, 0.05) is 6.42 Å². The van der Waals surface area contributed by atoms with Gasteiger partial charge in [-0.15, -0.1) is 13.2 Å². The van der Waals surface area contributed by atoms with E-state index in [1.807, 2.05) is 0 Å². The van der Waals surface area contributed by atoms with Crippen molar-refractivity contribution in [3.05, 3.63) is 0 Å². The second-order valence-electron chi connectivity index (χ2n) is 2.37. The highest BCUT2D eigenvalue weighted by Crippen LogP contribution is 2.23. The van der Waals surface area contributed by atoms with Crippen molar-refractivity contribution < 1.29 is 31.1 Å². The van der Waals surface area contributed by atoms with Gasteiger partial charge in [-0.05, 0) is 12.8 Å². The van der Waals surface area contributed by atoms with Gasteiger partial charge in [-0.1, -0.05) is 0 Å². The van der Waals surface area contributed by atoms with Crippen LogP contribution in [-0.2, 0) is 4.74 Å². The summed E-state index contributed by atoms with van der Waals surface area (Å²) in [5.41, 5.74) is 0. The third-order valence-corrected chi connectivity index (χ3v) is 1.12. The van der Waals surface area contributed by atoms with Crippen LogP contribution in [0.5, 0.6) is 0 Å². The largest absolute Gasteiger partial charge is 0.522 e. The van der Waals surface area contributed by atoms with E-state index < -0.39 is 25.6 Å². The summed E-state index contributed by atoms with van der Waals surface area (Å²) < 4.78 is 71.5. The van der Waals surface area contributed by atoms with Gasteiger partial charge in [0.15, 0.2) is 0 Å². The van der Waals surface area contributed by atoms with Gasteiger partial charge in [-0.25, -0.2) is 0 Å². The maximum absolute atomic E-state index is 11.5. The number of ether oxygens (including phenoxy) is 1. The van der Waals surface area contributed by atoms with E-state index in [1.54, 1.807) is 0 Å². The van der Waals surface area contributed by atoms with Crippen molar-refractivity contribution in [2.75, 3.05) is 6.61 Å². The lowest BCUT2D eigenvalue weighted by molar-refractivity contribution is -0.324. The van der Waals surface area contributed by atoms with Gasteiger partial charge in [0.05, 0.1) is 6.61 Å². The topological polar surface area (TPSA) is 9.23 Å². The average molecular weight is 210 g/mol. The molecule has 80 valence electrons. The van der Waals surface area contributed by atoms with E-state index in [4.69, 9.17) is 0 Å². The van der Waals surface area contributed by atoms with Crippen LogP contribution in [0.1, 0.15) is 19.3 Å². The quantitative estimate of drug-likeness (QED) is 0.511. The standard InChI is InChI=1S/C6H8F6O/c7-5(8,9)3-1-2-4-13-6(10,11)12/h1-4H2. The minimum absolute atomic E-state index is 0.251. The first-order chi connectivity index (χ1) is 5.71. The Labute approximate surface area is 70.7 Å². The summed E-state index contributed by atoms with van der Waals surface area (Å²) in [6, 6.07) is 0. The van der Waals surface area contributed by atoms with Gasteiger partial charge < -0.3 is 0 Å². The van der Waals surface area contributed by atoms with E-state index >= 15 is 0 Å². The normalized spacial score (nSPS) is 13.4. The van der Waals surface area contributed by atoms with Gasteiger partial charge in [0.2, 0.25) is 0 Å².